The van der Waals surface area contributed by atoms with Gasteiger partial charge in [-0.05, 0) is 33.2 Å². The average molecular weight is 319 g/mol. The monoisotopic (exact) mass is 319 g/mol. The summed E-state index contributed by atoms with van der Waals surface area (Å²) in [6, 6.07) is 1.86. The van der Waals surface area contributed by atoms with Crippen LogP contribution in [0.15, 0.2) is 6.07 Å². The molecule has 0 radical (unpaired) electrons. The molecule has 2 aliphatic heterocycles. The molecule has 126 valence electrons. The van der Waals surface area contributed by atoms with Gasteiger partial charge in [-0.15, -0.1) is 0 Å². The van der Waals surface area contributed by atoms with Gasteiger partial charge in [0.05, 0.1) is 12.6 Å². The van der Waals surface area contributed by atoms with Crippen LogP contribution in [-0.2, 0) is 4.79 Å². The van der Waals surface area contributed by atoms with Crippen LogP contribution in [0.1, 0.15) is 25.5 Å². The van der Waals surface area contributed by atoms with Crippen molar-refractivity contribution in [3.8, 4) is 5.88 Å². The Morgan fingerprint density at radius 3 is 2.78 bits per heavy atom. The SMILES string of the molecule is CCOc1cc(C)nc(N2CCN(C(=O)C3CCCN3)CC2)n1. The largest absolute Gasteiger partial charge is 0.478 e. The van der Waals surface area contributed by atoms with Gasteiger partial charge in [0.25, 0.3) is 0 Å². The highest BCUT2D eigenvalue weighted by Crippen LogP contribution is 2.18. The van der Waals surface area contributed by atoms with Gasteiger partial charge in [-0.25, -0.2) is 4.98 Å². The minimum Gasteiger partial charge on any atom is -0.478 e. The zero-order valence-electron chi connectivity index (χ0n) is 13.9. The number of rotatable bonds is 4. The van der Waals surface area contributed by atoms with Crippen molar-refractivity contribution >= 4 is 11.9 Å². The first-order valence-corrected chi connectivity index (χ1v) is 8.43. The van der Waals surface area contributed by atoms with Crippen LogP contribution in [0, 0.1) is 6.92 Å². The Morgan fingerprint density at radius 1 is 1.35 bits per heavy atom. The van der Waals surface area contributed by atoms with Gasteiger partial charge >= 0.3 is 0 Å². The molecule has 7 nitrogen and oxygen atoms in total. The number of anilines is 1. The Bertz CT molecular complexity index is 551. The fourth-order valence-electron chi connectivity index (χ4n) is 3.13. The second kappa shape index (κ2) is 7.12. The molecule has 2 fully saturated rings. The molecule has 2 saturated heterocycles. The molecule has 2 aliphatic rings. The number of amides is 1. The maximum atomic E-state index is 12.4. The number of piperazine rings is 1. The minimum absolute atomic E-state index is 0.0151. The molecular weight excluding hydrogens is 294 g/mol. The smallest absolute Gasteiger partial charge is 0.239 e. The van der Waals surface area contributed by atoms with E-state index in [0.29, 0.717) is 18.4 Å². The van der Waals surface area contributed by atoms with Gasteiger partial charge in [0.1, 0.15) is 0 Å². The lowest BCUT2D eigenvalue weighted by molar-refractivity contribution is -0.133. The zero-order valence-corrected chi connectivity index (χ0v) is 13.9. The van der Waals surface area contributed by atoms with Crippen LogP contribution in [0.2, 0.25) is 0 Å². The molecule has 0 bridgehead atoms. The van der Waals surface area contributed by atoms with E-state index in [1.54, 1.807) is 0 Å². The Labute approximate surface area is 137 Å². The third-order valence-corrected chi connectivity index (χ3v) is 4.34. The number of aryl methyl sites for hydroxylation is 1. The van der Waals surface area contributed by atoms with Crippen molar-refractivity contribution < 1.29 is 9.53 Å². The van der Waals surface area contributed by atoms with Crippen LogP contribution >= 0.6 is 0 Å². The molecule has 0 spiro atoms. The van der Waals surface area contributed by atoms with Crippen LogP contribution in [0.5, 0.6) is 5.88 Å². The molecule has 1 atom stereocenters. The Balaban J connectivity index is 1.61. The van der Waals surface area contributed by atoms with Gasteiger partial charge in [0.2, 0.25) is 17.7 Å². The lowest BCUT2D eigenvalue weighted by Gasteiger charge is -2.36. The third kappa shape index (κ3) is 3.72. The highest BCUT2D eigenvalue weighted by molar-refractivity contribution is 5.82. The molecule has 1 unspecified atom stereocenters. The van der Waals surface area contributed by atoms with Crippen molar-refractivity contribution in [2.75, 3.05) is 44.2 Å². The van der Waals surface area contributed by atoms with Gasteiger partial charge in [0, 0.05) is 37.9 Å². The van der Waals surface area contributed by atoms with E-state index in [0.717, 1.165) is 51.3 Å². The Kier molecular flexibility index (Phi) is 4.95. The van der Waals surface area contributed by atoms with Gasteiger partial charge in [0.15, 0.2) is 0 Å². The van der Waals surface area contributed by atoms with Crippen molar-refractivity contribution in [2.24, 2.45) is 0 Å². The topological polar surface area (TPSA) is 70.6 Å². The van der Waals surface area contributed by atoms with Gasteiger partial charge < -0.3 is 19.9 Å². The van der Waals surface area contributed by atoms with Crippen molar-refractivity contribution in [1.29, 1.82) is 0 Å². The summed E-state index contributed by atoms with van der Waals surface area (Å²) in [5.41, 5.74) is 0.895. The summed E-state index contributed by atoms with van der Waals surface area (Å²) in [5, 5.41) is 3.28. The molecule has 0 aliphatic carbocycles. The van der Waals surface area contributed by atoms with Crippen molar-refractivity contribution in [1.82, 2.24) is 20.2 Å². The standard InChI is InChI=1S/C16H25N5O2/c1-3-23-14-11-12(2)18-16(19-14)21-9-7-20(8-10-21)15(22)13-5-4-6-17-13/h11,13,17H,3-10H2,1-2H3. The molecule has 1 aromatic rings. The number of nitrogens with one attached hydrogen (secondary N) is 1. The summed E-state index contributed by atoms with van der Waals surface area (Å²) in [6.07, 6.45) is 2.05. The average Bonchev–Trinajstić information content (AvgIpc) is 3.08. The van der Waals surface area contributed by atoms with E-state index in [-0.39, 0.29) is 11.9 Å². The van der Waals surface area contributed by atoms with E-state index in [1.807, 2.05) is 24.8 Å². The van der Waals surface area contributed by atoms with Crippen molar-refractivity contribution in [3.63, 3.8) is 0 Å². The first kappa shape index (κ1) is 16.0. The fraction of sp³-hybridized carbons (Fsp3) is 0.688. The number of ether oxygens (including phenoxy) is 1. The number of nitrogens with zero attached hydrogens (tertiary/aromatic N) is 4. The predicted molar refractivity (Wildman–Crippen MR) is 87.8 cm³/mol. The van der Waals surface area contributed by atoms with E-state index < -0.39 is 0 Å². The second-order valence-corrected chi connectivity index (χ2v) is 6.04. The molecular formula is C16H25N5O2. The number of hydrogen-bond acceptors (Lipinski definition) is 6. The quantitative estimate of drug-likeness (QED) is 0.876. The highest BCUT2D eigenvalue weighted by atomic mass is 16.5. The summed E-state index contributed by atoms with van der Waals surface area (Å²) in [6.45, 7) is 8.38. The molecule has 0 aromatic carbocycles. The van der Waals surface area contributed by atoms with Gasteiger partial charge in [-0.1, -0.05) is 0 Å². The van der Waals surface area contributed by atoms with Crippen molar-refractivity contribution in [2.45, 2.75) is 32.7 Å². The van der Waals surface area contributed by atoms with Crippen LogP contribution < -0.4 is 15.0 Å². The van der Waals surface area contributed by atoms with E-state index >= 15 is 0 Å². The molecule has 1 aromatic heterocycles. The molecule has 7 heteroatoms. The van der Waals surface area contributed by atoms with Gasteiger partial charge in [-0.3, -0.25) is 4.79 Å². The number of carbonyl (C=O) groups excluding carboxylic acids is 1. The fourth-order valence-corrected chi connectivity index (χ4v) is 3.13. The highest BCUT2D eigenvalue weighted by Gasteiger charge is 2.29. The lowest BCUT2D eigenvalue weighted by atomic mass is 10.2. The van der Waals surface area contributed by atoms with E-state index in [2.05, 4.69) is 20.2 Å². The third-order valence-electron chi connectivity index (χ3n) is 4.34. The predicted octanol–water partition coefficient (Wildman–Crippen LogP) is 0.584. The maximum absolute atomic E-state index is 12.4. The normalized spacial score (nSPS) is 21.6. The molecule has 0 saturated carbocycles. The maximum Gasteiger partial charge on any atom is 0.239 e. The Morgan fingerprint density at radius 2 is 2.13 bits per heavy atom. The first-order valence-electron chi connectivity index (χ1n) is 8.43. The summed E-state index contributed by atoms with van der Waals surface area (Å²) < 4.78 is 5.49. The van der Waals surface area contributed by atoms with Crippen molar-refractivity contribution in [3.05, 3.63) is 11.8 Å². The summed E-state index contributed by atoms with van der Waals surface area (Å²) in [4.78, 5) is 25.5. The molecule has 1 amide bonds. The Hall–Kier alpha value is -1.89. The number of aromatic nitrogens is 2. The van der Waals surface area contributed by atoms with E-state index in [9.17, 15) is 4.79 Å². The van der Waals surface area contributed by atoms with E-state index in [1.165, 1.54) is 0 Å². The number of hydrogen-bond donors (Lipinski definition) is 1. The minimum atomic E-state index is 0.0151. The van der Waals surface area contributed by atoms with Crippen LogP contribution in [0.4, 0.5) is 5.95 Å². The zero-order chi connectivity index (χ0) is 16.2. The van der Waals surface area contributed by atoms with Crippen LogP contribution in [-0.4, -0.2) is 66.1 Å². The summed E-state index contributed by atoms with van der Waals surface area (Å²) in [5.74, 6) is 1.55. The van der Waals surface area contributed by atoms with E-state index in [4.69, 9.17) is 4.74 Å². The molecule has 3 rings (SSSR count). The van der Waals surface area contributed by atoms with Crippen LogP contribution in [0.25, 0.3) is 0 Å². The lowest BCUT2D eigenvalue weighted by Crippen LogP contribution is -2.53. The molecule has 3 heterocycles. The van der Waals surface area contributed by atoms with Gasteiger partial charge in [-0.2, -0.15) is 4.98 Å². The first-order chi connectivity index (χ1) is 11.2. The second-order valence-electron chi connectivity index (χ2n) is 6.04. The molecule has 1 N–H and O–H groups in total. The summed E-state index contributed by atoms with van der Waals surface area (Å²) in [7, 11) is 0. The number of carbonyl (C=O) groups is 1. The molecule has 23 heavy (non-hydrogen) atoms. The van der Waals surface area contributed by atoms with Crippen LogP contribution in [0.3, 0.4) is 0 Å². The summed E-state index contributed by atoms with van der Waals surface area (Å²) >= 11 is 0.